The summed E-state index contributed by atoms with van der Waals surface area (Å²) in [6.45, 7) is 9.48. The van der Waals surface area contributed by atoms with E-state index in [9.17, 15) is 43.2 Å². The highest BCUT2D eigenvalue weighted by Crippen LogP contribution is 2.45. The van der Waals surface area contributed by atoms with Crippen LogP contribution < -0.4 is 0 Å². The van der Waals surface area contributed by atoms with Gasteiger partial charge in [0.25, 0.3) is 0 Å². The van der Waals surface area contributed by atoms with Crippen molar-refractivity contribution in [3.05, 3.63) is 0 Å². The lowest BCUT2D eigenvalue weighted by Gasteiger charge is -2.21. The number of ether oxygens (including phenoxy) is 4. The van der Waals surface area contributed by atoms with Crippen LogP contribution in [0, 0.1) is 11.8 Å². The fraction of sp³-hybridized carbons (Fsp3) is 0.941. The van der Waals surface area contributed by atoms with Gasteiger partial charge < -0.3 is 33.8 Å². The number of phosphoric acid groups is 2. The van der Waals surface area contributed by atoms with Crippen LogP contribution >= 0.6 is 15.6 Å². The Morgan fingerprint density at radius 3 is 0.816 bits per heavy atom. The number of carbonyl (C=O) groups is 4. The third-order valence-electron chi connectivity index (χ3n) is 16.4. The van der Waals surface area contributed by atoms with Crippen molar-refractivity contribution in [2.75, 3.05) is 39.6 Å². The normalized spacial score (nSPS) is 14.8. The summed E-state index contributed by atoms with van der Waals surface area (Å²) in [5.41, 5.74) is 0. The van der Waals surface area contributed by atoms with Crippen LogP contribution in [0.15, 0.2) is 0 Å². The number of hydrogen-bond acceptors (Lipinski definition) is 15. The molecule has 0 bridgehead atoms. The molecule has 0 aliphatic rings. The van der Waals surface area contributed by atoms with Gasteiger partial charge in [0.05, 0.1) is 26.4 Å². The molecule has 0 saturated heterocycles. The van der Waals surface area contributed by atoms with Gasteiger partial charge >= 0.3 is 39.5 Å². The molecule has 0 saturated carbocycles. The molecule has 0 aromatic rings. The van der Waals surface area contributed by atoms with E-state index in [2.05, 4.69) is 41.5 Å². The SMILES string of the molecule is CCCCCCCCCCCCCCCCCC(=O)O[C@H](COC(=O)CCCCCCCCCCC(C)CC)COP(=O)(O)OC[C@@H](O)COP(=O)(O)OC[C@@H](COC(=O)CCCCCCCCCCCC)OC(=O)CCCCCCCCC(C)CC. The minimum atomic E-state index is -4.95. The van der Waals surface area contributed by atoms with Crippen molar-refractivity contribution in [1.82, 2.24) is 0 Å². The van der Waals surface area contributed by atoms with Crippen LogP contribution in [0.1, 0.15) is 343 Å². The molecule has 19 heteroatoms. The van der Waals surface area contributed by atoms with Gasteiger partial charge in [-0.3, -0.25) is 37.3 Å². The average molecular weight is 1280 g/mol. The van der Waals surface area contributed by atoms with Crippen LogP contribution in [0.5, 0.6) is 0 Å². The topological polar surface area (TPSA) is 237 Å². The first-order valence-corrected chi connectivity index (χ1v) is 38.6. The molecule has 4 unspecified atom stereocenters. The molecule has 0 amide bonds. The highest BCUT2D eigenvalue weighted by molar-refractivity contribution is 7.47. The first-order chi connectivity index (χ1) is 41.9. The average Bonchev–Trinajstić information content (AvgIpc) is 3.71. The maximum Gasteiger partial charge on any atom is 0.472 e. The summed E-state index contributed by atoms with van der Waals surface area (Å²) in [5, 5.41) is 10.6. The Morgan fingerprint density at radius 1 is 0.322 bits per heavy atom. The predicted molar refractivity (Wildman–Crippen MR) is 349 cm³/mol. The standard InChI is InChI=1S/C68H132O17P2/c1-7-11-13-15-17-19-21-22-23-24-25-27-33-40-46-52-67(72)84-63(56-79-66(71)51-45-39-32-29-28-30-36-42-48-60(5)9-3)58-82-86(74,75)80-54-62(69)55-81-87(76,77)83-59-64(85-68(73)53-47-41-35-34-37-43-49-61(6)10-4)57-78-65(70)50-44-38-31-26-20-18-16-14-12-8-2/h60-64,69H,7-59H2,1-6H3,(H,74,75)(H,76,77)/t60?,61?,62-,63-,64-/m1/s1. The quantitative estimate of drug-likeness (QED) is 0.0222. The molecule has 87 heavy (non-hydrogen) atoms. The van der Waals surface area contributed by atoms with Crippen LogP contribution in [-0.2, 0) is 65.4 Å². The van der Waals surface area contributed by atoms with Crippen LogP contribution in [0.4, 0.5) is 0 Å². The first-order valence-electron chi connectivity index (χ1n) is 35.6. The molecule has 0 aromatic carbocycles. The zero-order valence-corrected chi connectivity index (χ0v) is 58.1. The molecule has 0 radical (unpaired) electrons. The molecule has 0 spiro atoms. The molecule has 0 aliphatic heterocycles. The van der Waals surface area contributed by atoms with Gasteiger partial charge in [0.2, 0.25) is 0 Å². The molecule has 17 nitrogen and oxygen atoms in total. The number of esters is 4. The molecule has 516 valence electrons. The van der Waals surface area contributed by atoms with Crippen molar-refractivity contribution in [3.63, 3.8) is 0 Å². The molecule has 0 fully saturated rings. The number of phosphoric ester groups is 2. The van der Waals surface area contributed by atoms with Crippen molar-refractivity contribution < 1.29 is 80.2 Å². The van der Waals surface area contributed by atoms with Gasteiger partial charge in [-0.25, -0.2) is 9.13 Å². The van der Waals surface area contributed by atoms with Gasteiger partial charge in [0, 0.05) is 25.7 Å². The van der Waals surface area contributed by atoms with E-state index in [1.807, 2.05) is 0 Å². The van der Waals surface area contributed by atoms with E-state index in [0.717, 1.165) is 102 Å². The third-order valence-corrected chi connectivity index (χ3v) is 18.3. The molecule has 0 aromatic heterocycles. The van der Waals surface area contributed by atoms with E-state index in [0.29, 0.717) is 25.7 Å². The lowest BCUT2D eigenvalue weighted by Crippen LogP contribution is -2.30. The van der Waals surface area contributed by atoms with Crippen molar-refractivity contribution in [3.8, 4) is 0 Å². The van der Waals surface area contributed by atoms with E-state index in [-0.39, 0.29) is 25.7 Å². The third kappa shape index (κ3) is 60.1. The van der Waals surface area contributed by atoms with Crippen molar-refractivity contribution in [1.29, 1.82) is 0 Å². The van der Waals surface area contributed by atoms with E-state index in [4.69, 9.17) is 37.0 Å². The van der Waals surface area contributed by atoms with Gasteiger partial charge in [-0.15, -0.1) is 0 Å². The van der Waals surface area contributed by atoms with Crippen LogP contribution in [0.25, 0.3) is 0 Å². The van der Waals surface area contributed by atoms with Crippen LogP contribution in [0.2, 0.25) is 0 Å². The summed E-state index contributed by atoms with van der Waals surface area (Å²) in [4.78, 5) is 72.4. The van der Waals surface area contributed by atoms with Crippen molar-refractivity contribution in [2.45, 2.75) is 362 Å². The summed E-state index contributed by atoms with van der Waals surface area (Å²) in [6, 6.07) is 0. The Hall–Kier alpha value is -1.94. The first kappa shape index (κ1) is 85.1. The Bertz CT molecular complexity index is 1700. The Balaban J connectivity index is 5.25. The number of carbonyl (C=O) groups excluding carboxylic acids is 4. The van der Waals surface area contributed by atoms with Gasteiger partial charge in [0.15, 0.2) is 12.2 Å². The second kappa shape index (κ2) is 60.3. The minimum Gasteiger partial charge on any atom is -0.462 e. The molecule has 3 N–H and O–H groups in total. The second-order valence-corrected chi connectivity index (χ2v) is 28.0. The van der Waals surface area contributed by atoms with Gasteiger partial charge in [-0.1, -0.05) is 292 Å². The lowest BCUT2D eigenvalue weighted by molar-refractivity contribution is -0.161. The van der Waals surface area contributed by atoms with Crippen molar-refractivity contribution in [2.24, 2.45) is 11.8 Å². The molecule has 0 aliphatic carbocycles. The maximum atomic E-state index is 13.0. The summed E-state index contributed by atoms with van der Waals surface area (Å²) in [6.07, 6.45) is 44.3. The zero-order chi connectivity index (χ0) is 64.3. The van der Waals surface area contributed by atoms with Gasteiger partial charge in [0.1, 0.15) is 19.3 Å². The highest BCUT2D eigenvalue weighted by Gasteiger charge is 2.30. The fourth-order valence-corrected chi connectivity index (χ4v) is 11.8. The van der Waals surface area contributed by atoms with E-state index >= 15 is 0 Å². The monoisotopic (exact) mass is 1280 g/mol. The van der Waals surface area contributed by atoms with Crippen LogP contribution in [0.3, 0.4) is 0 Å². The number of aliphatic hydroxyl groups is 1. The summed E-state index contributed by atoms with van der Waals surface area (Å²) >= 11 is 0. The van der Waals surface area contributed by atoms with Gasteiger partial charge in [-0.05, 0) is 37.5 Å². The number of aliphatic hydroxyl groups excluding tert-OH is 1. The number of unbranched alkanes of at least 4 members (excludes halogenated alkanes) is 35. The van der Waals surface area contributed by atoms with Gasteiger partial charge in [-0.2, -0.15) is 0 Å². The Morgan fingerprint density at radius 2 is 0.552 bits per heavy atom. The van der Waals surface area contributed by atoms with E-state index in [1.54, 1.807) is 0 Å². The number of hydrogen-bond donors (Lipinski definition) is 3. The smallest absolute Gasteiger partial charge is 0.462 e. The van der Waals surface area contributed by atoms with Crippen molar-refractivity contribution >= 4 is 39.5 Å². The Kier molecular flexibility index (Phi) is 59.0. The van der Waals surface area contributed by atoms with Crippen LogP contribution in [-0.4, -0.2) is 96.7 Å². The summed E-state index contributed by atoms with van der Waals surface area (Å²) in [5.74, 6) is -0.631. The number of rotatable bonds is 67. The minimum absolute atomic E-state index is 0.103. The lowest BCUT2D eigenvalue weighted by atomic mass is 9.99. The van der Waals surface area contributed by atoms with E-state index in [1.165, 1.54) is 161 Å². The highest BCUT2D eigenvalue weighted by atomic mass is 31.2. The zero-order valence-electron chi connectivity index (χ0n) is 56.3. The predicted octanol–water partition coefficient (Wildman–Crippen LogP) is 19.2. The summed E-state index contributed by atoms with van der Waals surface area (Å²) < 4.78 is 68.2. The molecular weight excluding hydrogens is 1150 g/mol. The summed E-state index contributed by atoms with van der Waals surface area (Å²) in [7, 11) is -9.89. The Labute approximate surface area is 530 Å². The molecular formula is C68H132O17P2. The van der Waals surface area contributed by atoms with E-state index < -0.39 is 97.5 Å². The second-order valence-electron chi connectivity index (χ2n) is 25.0. The maximum absolute atomic E-state index is 13.0. The molecule has 0 heterocycles. The molecule has 7 atom stereocenters. The molecule has 0 rings (SSSR count). The largest absolute Gasteiger partial charge is 0.472 e. The fourth-order valence-electron chi connectivity index (χ4n) is 10.2.